The second-order valence-corrected chi connectivity index (χ2v) is 18.1. The first kappa shape index (κ1) is 41.2. The molecule has 0 spiro atoms. The predicted octanol–water partition coefficient (Wildman–Crippen LogP) is 13.4. The van der Waals surface area contributed by atoms with Crippen LogP contribution in [0.4, 0.5) is 0 Å². The van der Waals surface area contributed by atoms with E-state index in [1.165, 1.54) is 0 Å². The zero-order chi connectivity index (χ0) is 37.9. The summed E-state index contributed by atoms with van der Waals surface area (Å²) < 4.78 is 0. The summed E-state index contributed by atoms with van der Waals surface area (Å²) in [5, 5.41) is 41.2. The van der Waals surface area contributed by atoms with Gasteiger partial charge in [0, 0.05) is 30.7 Å². The molecule has 4 rings (SSSR count). The van der Waals surface area contributed by atoms with E-state index in [9.17, 15) is 20.4 Å². The van der Waals surface area contributed by atoms with Crippen LogP contribution in [0.3, 0.4) is 0 Å². The molecule has 0 aliphatic rings. The van der Waals surface area contributed by atoms with Gasteiger partial charge in [0.2, 0.25) is 0 Å². The molecule has 0 saturated carbocycles. The number of benzene rings is 4. The molecule has 0 fully saturated rings. The quantitative estimate of drug-likeness (QED) is 0.145. The Hall–Kier alpha value is -3.22. The molecule has 4 nitrogen and oxygen atoms in total. The van der Waals surface area contributed by atoms with Crippen LogP contribution < -0.4 is 0 Å². The minimum absolute atomic E-state index is 0.117. The Kier molecular flexibility index (Phi) is 13.5. The zero-order valence-corrected chi connectivity index (χ0v) is 34.4. The summed E-state index contributed by atoms with van der Waals surface area (Å²) in [5.74, 6) is 2.14. The van der Waals surface area contributed by atoms with Gasteiger partial charge in [-0.25, -0.2) is 0 Å². The van der Waals surface area contributed by atoms with Crippen molar-refractivity contribution in [3.05, 3.63) is 93.0 Å². The van der Waals surface area contributed by atoms with Crippen molar-refractivity contribution in [1.29, 1.82) is 0 Å². The minimum Gasteiger partial charge on any atom is -0.508 e. The highest BCUT2D eigenvalue weighted by atomic mass is 32.2. The van der Waals surface area contributed by atoms with Gasteiger partial charge >= 0.3 is 0 Å². The summed E-state index contributed by atoms with van der Waals surface area (Å²) in [6.45, 7) is 29.3. The monoisotopic (exact) mass is 716 g/mol. The molecule has 0 radical (unpaired) electrons. The molecule has 0 aromatic heterocycles. The molecule has 0 saturated heterocycles. The van der Waals surface area contributed by atoms with Gasteiger partial charge in [-0.2, -0.15) is 0 Å². The van der Waals surface area contributed by atoms with E-state index in [-0.39, 0.29) is 10.8 Å². The van der Waals surface area contributed by atoms with E-state index in [2.05, 4.69) is 93.5 Å². The van der Waals surface area contributed by atoms with Gasteiger partial charge in [0.1, 0.15) is 23.0 Å². The Balaban J connectivity index is 0.000000270. The van der Waals surface area contributed by atoms with Crippen molar-refractivity contribution in [2.24, 2.45) is 0 Å². The van der Waals surface area contributed by atoms with Gasteiger partial charge in [0.05, 0.1) is 0 Å². The first-order valence-electron chi connectivity index (χ1n) is 17.8. The molecule has 0 bridgehead atoms. The van der Waals surface area contributed by atoms with E-state index in [1.807, 2.05) is 52.0 Å². The summed E-state index contributed by atoms with van der Waals surface area (Å²) in [6, 6.07) is 15.9. The Morgan fingerprint density at radius 3 is 0.980 bits per heavy atom. The van der Waals surface area contributed by atoms with Gasteiger partial charge in [-0.1, -0.05) is 92.8 Å². The van der Waals surface area contributed by atoms with Crippen molar-refractivity contribution in [1.82, 2.24) is 0 Å². The highest BCUT2D eigenvalue weighted by Gasteiger charge is 2.23. The molecular weight excluding hydrogens is 657 g/mol. The van der Waals surface area contributed by atoms with Crippen molar-refractivity contribution in [3.8, 4) is 23.0 Å². The highest BCUT2D eigenvalue weighted by molar-refractivity contribution is 7.99. The third-order valence-electron chi connectivity index (χ3n) is 9.58. The average Bonchev–Trinajstić information content (AvgIpc) is 3.00. The first-order chi connectivity index (χ1) is 23.1. The summed E-state index contributed by atoms with van der Waals surface area (Å²) in [7, 11) is 0. The minimum atomic E-state index is -0.117. The number of hydrogen-bond acceptors (Lipinski definition) is 6. The molecule has 272 valence electrons. The number of phenolic OH excluding ortho intramolecular Hbond substituents is 4. The largest absolute Gasteiger partial charge is 0.508 e. The van der Waals surface area contributed by atoms with Gasteiger partial charge in [-0.3, -0.25) is 0 Å². The van der Waals surface area contributed by atoms with E-state index in [0.29, 0.717) is 34.8 Å². The first-order valence-corrected chi connectivity index (χ1v) is 19.4. The number of rotatable bonds is 8. The lowest BCUT2D eigenvalue weighted by Gasteiger charge is -2.24. The molecular formula is C44H60O4S2. The maximum absolute atomic E-state index is 10.3. The molecule has 0 aliphatic carbocycles. The van der Waals surface area contributed by atoms with Gasteiger partial charge in [-0.05, 0) is 145 Å². The van der Waals surface area contributed by atoms with Crippen LogP contribution in [0.25, 0.3) is 0 Å². The van der Waals surface area contributed by atoms with Crippen LogP contribution >= 0.6 is 23.5 Å². The number of aryl methyl sites for hydroxylation is 4. The molecule has 2 unspecified atom stereocenters. The molecule has 4 N–H and O–H groups in total. The average molecular weight is 717 g/mol. The van der Waals surface area contributed by atoms with Gasteiger partial charge in [0.25, 0.3) is 0 Å². The summed E-state index contributed by atoms with van der Waals surface area (Å²) >= 11 is 3.42. The van der Waals surface area contributed by atoms with Crippen LogP contribution in [-0.2, 0) is 10.8 Å². The lowest BCUT2D eigenvalue weighted by Crippen LogP contribution is -2.12. The Morgan fingerprint density at radius 2 is 0.720 bits per heavy atom. The van der Waals surface area contributed by atoms with E-state index in [0.717, 1.165) is 76.9 Å². The van der Waals surface area contributed by atoms with Crippen molar-refractivity contribution in [3.63, 3.8) is 0 Å². The van der Waals surface area contributed by atoms with Gasteiger partial charge < -0.3 is 20.4 Å². The van der Waals surface area contributed by atoms with Crippen LogP contribution in [0.2, 0.25) is 0 Å². The number of aromatic hydroxyl groups is 4. The van der Waals surface area contributed by atoms with Crippen molar-refractivity contribution >= 4 is 23.5 Å². The van der Waals surface area contributed by atoms with Crippen LogP contribution in [-0.4, -0.2) is 20.4 Å². The van der Waals surface area contributed by atoms with E-state index in [4.69, 9.17) is 0 Å². The Labute approximate surface area is 310 Å². The molecule has 2 atom stereocenters. The maximum Gasteiger partial charge on any atom is 0.119 e. The van der Waals surface area contributed by atoms with Crippen LogP contribution in [0, 0.1) is 27.7 Å². The van der Waals surface area contributed by atoms with E-state index < -0.39 is 0 Å². The molecule has 6 heteroatoms. The number of phenols is 4. The molecule has 50 heavy (non-hydrogen) atoms. The SMILES string of the molecule is CCC(C)c1cc(Sc2cc(C(C)CC)c(O)cc2C)c(C)cc1O.Cc1cc(O)c(C(C)(C)C)cc1Sc1cc(C(C)(C)C)c(O)cc1C. The standard InChI is InChI=1S/2C22H30O2S/c1-13-9-17(23)15(21(3,4)5)11-19(13)25-20-12-16(22(6,7)8)18(24)10-14(20)2;1-7-13(3)17-11-21(15(5)9-19(17)23)25-22-12-18(14(4)8-2)20(24)10-16(22)6/h9-12,23-24H,1-8H3;9-14,23-24H,7-8H2,1-6H3. The fourth-order valence-corrected chi connectivity index (χ4v) is 7.91. The Bertz CT molecular complexity index is 1680. The second kappa shape index (κ2) is 16.4. The van der Waals surface area contributed by atoms with E-state index >= 15 is 0 Å². The molecule has 4 aromatic carbocycles. The summed E-state index contributed by atoms with van der Waals surface area (Å²) in [6.07, 6.45) is 1.99. The fraction of sp³-hybridized carbons (Fsp3) is 0.455. The van der Waals surface area contributed by atoms with Crippen LogP contribution in [0.5, 0.6) is 23.0 Å². The predicted molar refractivity (Wildman–Crippen MR) is 214 cm³/mol. The third-order valence-corrected chi connectivity index (χ3v) is 12.2. The highest BCUT2D eigenvalue weighted by Crippen LogP contribution is 2.44. The summed E-state index contributed by atoms with van der Waals surface area (Å²) in [4.78, 5) is 4.60. The fourth-order valence-electron chi connectivity index (χ4n) is 5.83. The van der Waals surface area contributed by atoms with Crippen molar-refractivity contribution < 1.29 is 20.4 Å². The smallest absolute Gasteiger partial charge is 0.119 e. The number of hydrogen-bond donors (Lipinski definition) is 4. The van der Waals surface area contributed by atoms with Crippen LogP contribution in [0.15, 0.2) is 68.1 Å². The van der Waals surface area contributed by atoms with E-state index in [1.54, 1.807) is 23.5 Å². The maximum atomic E-state index is 10.3. The summed E-state index contributed by atoms with van der Waals surface area (Å²) in [5.41, 5.74) is 7.95. The third kappa shape index (κ3) is 9.97. The topological polar surface area (TPSA) is 80.9 Å². The normalized spacial score (nSPS) is 13.1. The zero-order valence-electron chi connectivity index (χ0n) is 32.8. The lowest BCUT2D eigenvalue weighted by atomic mass is 9.86. The van der Waals surface area contributed by atoms with Crippen molar-refractivity contribution in [2.45, 2.75) is 152 Å². The molecule has 4 aromatic rings. The lowest BCUT2D eigenvalue weighted by molar-refractivity contribution is 0.444. The van der Waals surface area contributed by atoms with Crippen molar-refractivity contribution in [2.75, 3.05) is 0 Å². The second-order valence-electron chi connectivity index (χ2n) is 15.9. The molecule has 0 amide bonds. The Morgan fingerprint density at radius 1 is 0.460 bits per heavy atom. The van der Waals surface area contributed by atoms with Crippen LogP contribution in [0.1, 0.15) is 138 Å². The van der Waals surface area contributed by atoms with Gasteiger partial charge in [0.15, 0.2) is 0 Å². The van der Waals surface area contributed by atoms with Gasteiger partial charge in [-0.15, -0.1) is 0 Å². The molecule has 0 aliphatic heterocycles. The molecule has 0 heterocycles.